The molecule has 0 bridgehead atoms. The Labute approximate surface area is 128 Å². The molecule has 4 nitrogen and oxygen atoms in total. The highest BCUT2D eigenvalue weighted by Crippen LogP contribution is 2.22. The van der Waals surface area contributed by atoms with Gasteiger partial charge in [-0.2, -0.15) is 0 Å². The van der Waals surface area contributed by atoms with Crippen molar-refractivity contribution in [3.05, 3.63) is 58.4 Å². The Morgan fingerprint density at radius 3 is 2.36 bits per heavy atom. The van der Waals surface area contributed by atoms with E-state index in [4.69, 9.17) is 16.7 Å². The number of urea groups is 1. The first-order valence-corrected chi connectivity index (χ1v) is 6.39. The summed E-state index contributed by atoms with van der Waals surface area (Å²) < 4.78 is 39.8. The van der Waals surface area contributed by atoms with E-state index in [0.717, 1.165) is 18.2 Å². The van der Waals surface area contributed by atoms with E-state index in [-0.39, 0.29) is 22.0 Å². The van der Waals surface area contributed by atoms with Crippen LogP contribution in [0.4, 0.5) is 29.3 Å². The van der Waals surface area contributed by atoms with E-state index in [1.165, 1.54) is 6.07 Å². The van der Waals surface area contributed by atoms with Gasteiger partial charge in [0.05, 0.1) is 12.3 Å². The lowest BCUT2D eigenvalue weighted by molar-refractivity contribution is 0.261. The first-order valence-electron chi connectivity index (χ1n) is 6.02. The molecular weight excluding hydrogens is 321 g/mol. The van der Waals surface area contributed by atoms with E-state index in [2.05, 4.69) is 10.6 Å². The van der Waals surface area contributed by atoms with Gasteiger partial charge in [-0.05, 0) is 24.3 Å². The lowest BCUT2D eigenvalue weighted by Gasteiger charge is -2.12. The summed E-state index contributed by atoms with van der Waals surface area (Å²) in [6.07, 6.45) is 0. The number of halogens is 4. The van der Waals surface area contributed by atoms with Crippen LogP contribution in [-0.4, -0.2) is 11.1 Å². The van der Waals surface area contributed by atoms with Gasteiger partial charge >= 0.3 is 6.03 Å². The average molecular weight is 331 g/mol. The Hall–Kier alpha value is -2.25. The second kappa shape index (κ2) is 6.67. The zero-order valence-corrected chi connectivity index (χ0v) is 11.7. The first-order chi connectivity index (χ1) is 10.4. The van der Waals surface area contributed by atoms with Crippen molar-refractivity contribution in [2.75, 3.05) is 10.6 Å². The maximum Gasteiger partial charge on any atom is 0.323 e. The maximum atomic E-state index is 13.5. The van der Waals surface area contributed by atoms with Crippen LogP contribution in [0.3, 0.4) is 0 Å². The fraction of sp³-hybridized carbons (Fsp3) is 0.0714. The van der Waals surface area contributed by atoms with Gasteiger partial charge in [0.2, 0.25) is 0 Å². The van der Waals surface area contributed by atoms with Crippen molar-refractivity contribution in [1.29, 1.82) is 0 Å². The summed E-state index contributed by atoms with van der Waals surface area (Å²) in [5.74, 6) is -2.57. The molecular formula is C14H10ClF3N2O2. The SMILES string of the molecule is O=C(Nc1cc(F)cc(Cl)c1)Nc1cc(F)cc(F)c1CO. The molecule has 2 aromatic rings. The molecule has 3 N–H and O–H groups in total. The number of hydrogen-bond donors (Lipinski definition) is 3. The van der Waals surface area contributed by atoms with Crippen LogP contribution >= 0.6 is 11.6 Å². The van der Waals surface area contributed by atoms with Gasteiger partial charge in [-0.3, -0.25) is 0 Å². The predicted octanol–water partition coefficient (Wildman–Crippen LogP) is 3.89. The zero-order chi connectivity index (χ0) is 16.3. The molecule has 0 heterocycles. The van der Waals surface area contributed by atoms with E-state index < -0.39 is 30.1 Å². The molecule has 116 valence electrons. The van der Waals surface area contributed by atoms with Crippen molar-refractivity contribution < 1.29 is 23.1 Å². The minimum absolute atomic E-state index is 0.0601. The molecule has 0 atom stereocenters. The molecule has 0 radical (unpaired) electrons. The highest BCUT2D eigenvalue weighted by atomic mass is 35.5. The number of rotatable bonds is 3. The molecule has 0 fully saturated rings. The number of nitrogens with one attached hydrogen (secondary N) is 2. The molecule has 2 amide bonds. The lowest BCUT2D eigenvalue weighted by Crippen LogP contribution is -2.21. The standard InChI is InChI=1S/C14H10ClF3N2O2/c15-7-1-8(16)3-10(2-7)19-14(22)20-13-5-9(17)4-12(18)11(13)6-21/h1-5,21H,6H2,(H2,19,20,22). The average Bonchev–Trinajstić information content (AvgIpc) is 2.36. The van der Waals surface area contributed by atoms with Gasteiger partial charge in [0.15, 0.2) is 0 Å². The van der Waals surface area contributed by atoms with Crippen LogP contribution in [0.15, 0.2) is 30.3 Å². The van der Waals surface area contributed by atoms with E-state index in [1.54, 1.807) is 0 Å². The van der Waals surface area contributed by atoms with Crippen molar-refractivity contribution >= 4 is 29.0 Å². The predicted molar refractivity (Wildman–Crippen MR) is 76.3 cm³/mol. The second-order valence-electron chi connectivity index (χ2n) is 4.31. The van der Waals surface area contributed by atoms with Crippen molar-refractivity contribution in [1.82, 2.24) is 0 Å². The van der Waals surface area contributed by atoms with Gasteiger partial charge in [-0.25, -0.2) is 18.0 Å². The summed E-state index contributed by atoms with van der Waals surface area (Å²) in [6.45, 7) is -0.729. The smallest absolute Gasteiger partial charge is 0.323 e. The fourth-order valence-electron chi connectivity index (χ4n) is 1.79. The third-order valence-electron chi connectivity index (χ3n) is 2.69. The Morgan fingerprint density at radius 1 is 1.05 bits per heavy atom. The molecule has 0 aliphatic carbocycles. The third-order valence-corrected chi connectivity index (χ3v) is 2.91. The topological polar surface area (TPSA) is 61.4 Å². The molecule has 8 heteroatoms. The van der Waals surface area contributed by atoms with Crippen LogP contribution in [0.25, 0.3) is 0 Å². The second-order valence-corrected chi connectivity index (χ2v) is 4.75. The van der Waals surface area contributed by atoms with Crippen LogP contribution in [0, 0.1) is 17.5 Å². The van der Waals surface area contributed by atoms with Crippen molar-refractivity contribution in [3.63, 3.8) is 0 Å². The monoisotopic (exact) mass is 330 g/mol. The number of carbonyl (C=O) groups excluding carboxylic acids is 1. The maximum absolute atomic E-state index is 13.5. The summed E-state index contributed by atoms with van der Waals surface area (Å²) in [5.41, 5.74) is -0.446. The van der Waals surface area contributed by atoms with Gasteiger partial charge in [-0.15, -0.1) is 0 Å². The number of carbonyl (C=O) groups is 1. The lowest BCUT2D eigenvalue weighted by atomic mass is 10.1. The zero-order valence-electron chi connectivity index (χ0n) is 11.0. The molecule has 0 spiro atoms. The highest BCUT2D eigenvalue weighted by molar-refractivity contribution is 6.30. The summed E-state index contributed by atoms with van der Waals surface area (Å²) >= 11 is 5.64. The minimum atomic E-state index is -0.994. The Bertz CT molecular complexity index is 705. The Morgan fingerprint density at radius 2 is 1.73 bits per heavy atom. The molecule has 2 aromatic carbocycles. The van der Waals surface area contributed by atoms with Gasteiger partial charge < -0.3 is 15.7 Å². The van der Waals surface area contributed by atoms with E-state index in [0.29, 0.717) is 6.07 Å². The Balaban J connectivity index is 2.19. The van der Waals surface area contributed by atoms with Gasteiger partial charge in [0.25, 0.3) is 0 Å². The fourth-order valence-corrected chi connectivity index (χ4v) is 2.01. The Kier molecular flexibility index (Phi) is 4.89. The van der Waals surface area contributed by atoms with Crippen LogP contribution < -0.4 is 10.6 Å². The number of aliphatic hydroxyl groups is 1. The van der Waals surface area contributed by atoms with Gasteiger partial charge in [0.1, 0.15) is 17.5 Å². The number of anilines is 2. The molecule has 0 saturated carbocycles. The molecule has 0 saturated heterocycles. The third kappa shape index (κ3) is 3.90. The summed E-state index contributed by atoms with van der Waals surface area (Å²) in [6, 6.07) is 3.93. The molecule has 22 heavy (non-hydrogen) atoms. The number of benzene rings is 2. The van der Waals surface area contributed by atoms with Crippen LogP contribution in [0.5, 0.6) is 0 Å². The van der Waals surface area contributed by atoms with Crippen LogP contribution in [0.2, 0.25) is 5.02 Å². The summed E-state index contributed by atoms with van der Waals surface area (Å²) in [4.78, 5) is 11.8. The molecule has 2 rings (SSSR count). The molecule has 0 aromatic heterocycles. The van der Waals surface area contributed by atoms with Crippen LogP contribution in [0.1, 0.15) is 5.56 Å². The van der Waals surface area contributed by atoms with Gasteiger partial charge in [0, 0.05) is 22.3 Å². The van der Waals surface area contributed by atoms with E-state index in [9.17, 15) is 18.0 Å². The van der Waals surface area contributed by atoms with Crippen molar-refractivity contribution in [3.8, 4) is 0 Å². The largest absolute Gasteiger partial charge is 0.391 e. The van der Waals surface area contributed by atoms with E-state index in [1.807, 2.05) is 0 Å². The quantitative estimate of drug-likeness (QED) is 0.799. The van der Waals surface area contributed by atoms with Crippen molar-refractivity contribution in [2.45, 2.75) is 6.61 Å². The number of amides is 2. The highest BCUT2D eigenvalue weighted by Gasteiger charge is 2.13. The van der Waals surface area contributed by atoms with Crippen molar-refractivity contribution in [2.24, 2.45) is 0 Å². The van der Waals surface area contributed by atoms with Gasteiger partial charge in [-0.1, -0.05) is 11.6 Å². The summed E-state index contributed by atoms with van der Waals surface area (Å²) in [5, 5.41) is 13.6. The summed E-state index contributed by atoms with van der Waals surface area (Å²) in [7, 11) is 0. The minimum Gasteiger partial charge on any atom is -0.391 e. The number of hydrogen-bond acceptors (Lipinski definition) is 2. The molecule has 0 unspecified atom stereocenters. The normalized spacial score (nSPS) is 10.4. The van der Waals surface area contributed by atoms with E-state index >= 15 is 0 Å². The molecule has 0 aliphatic rings. The number of aliphatic hydroxyl groups excluding tert-OH is 1. The molecule has 0 aliphatic heterocycles. The first kappa shape index (κ1) is 16.1. The van der Waals surface area contributed by atoms with Crippen LogP contribution in [-0.2, 0) is 6.61 Å².